The lowest BCUT2D eigenvalue weighted by atomic mass is 9.71. The summed E-state index contributed by atoms with van der Waals surface area (Å²) < 4.78 is 0. The summed E-state index contributed by atoms with van der Waals surface area (Å²) in [5.74, 6) is 3.86. The van der Waals surface area contributed by atoms with Crippen LogP contribution in [-0.2, 0) is 0 Å². The van der Waals surface area contributed by atoms with Crippen molar-refractivity contribution < 1.29 is 0 Å². The summed E-state index contributed by atoms with van der Waals surface area (Å²) in [6, 6.07) is 0.808. The summed E-state index contributed by atoms with van der Waals surface area (Å²) in [6.07, 6.45) is 13.3. The summed E-state index contributed by atoms with van der Waals surface area (Å²) in [6.45, 7) is 8.35. The van der Waals surface area contributed by atoms with E-state index in [2.05, 4.69) is 26.1 Å². The minimum Gasteiger partial charge on any atom is -0.314 e. The molecule has 0 aliphatic heterocycles. The zero-order valence-electron chi connectivity index (χ0n) is 13.5. The molecule has 1 heteroatoms. The summed E-state index contributed by atoms with van der Waals surface area (Å²) in [4.78, 5) is 0. The highest BCUT2D eigenvalue weighted by Crippen LogP contribution is 2.38. The molecule has 0 radical (unpaired) electrons. The minimum atomic E-state index is 0.808. The molecule has 19 heavy (non-hydrogen) atoms. The fourth-order valence-electron chi connectivity index (χ4n) is 4.44. The van der Waals surface area contributed by atoms with Crippen molar-refractivity contribution in [2.75, 3.05) is 6.54 Å². The molecule has 0 heterocycles. The van der Waals surface area contributed by atoms with Crippen molar-refractivity contribution >= 4 is 0 Å². The molecule has 2 rings (SSSR count). The third-order valence-corrected chi connectivity index (χ3v) is 5.99. The van der Waals surface area contributed by atoms with Crippen LogP contribution in [-0.4, -0.2) is 12.6 Å². The molecule has 0 aromatic heterocycles. The predicted molar refractivity (Wildman–Crippen MR) is 84.3 cm³/mol. The van der Waals surface area contributed by atoms with Crippen LogP contribution in [0.25, 0.3) is 0 Å². The molecular weight excluding hydrogens is 230 g/mol. The average molecular weight is 265 g/mol. The lowest BCUT2D eigenvalue weighted by Crippen LogP contribution is -2.41. The first-order valence-electron chi connectivity index (χ1n) is 8.94. The van der Waals surface area contributed by atoms with E-state index >= 15 is 0 Å². The van der Waals surface area contributed by atoms with E-state index in [0.29, 0.717) is 0 Å². The molecule has 2 saturated carbocycles. The van der Waals surface area contributed by atoms with Crippen LogP contribution in [0.1, 0.15) is 78.6 Å². The molecule has 0 aromatic rings. The third-order valence-electron chi connectivity index (χ3n) is 5.99. The quantitative estimate of drug-likeness (QED) is 0.737. The van der Waals surface area contributed by atoms with Crippen LogP contribution in [0.4, 0.5) is 0 Å². The van der Waals surface area contributed by atoms with Crippen molar-refractivity contribution in [1.29, 1.82) is 0 Å². The Kier molecular flexibility index (Phi) is 6.19. The maximum Gasteiger partial charge on any atom is 0.00979 e. The van der Waals surface area contributed by atoms with E-state index in [-0.39, 0.29) is 0 Å². The van der Waals surface area contributed by atoms with Gasteiger partial charge in [0.2, 0.25) is 0 Å². The normalized spacial score (nSPS) is 35.2. The predicted octanol–water partition coefficient (Wildman–Crippen LogP) is 5.01. The zero-order valence-corrected chi connectivity index (χ0v) is 13.5. The largest absolute Gasteiger partial charge is 0.314 e. The van der Waals surface area contributed by atoms with Crippen molar-refractivity contribution in [3.05, 3.63) is 0 Å². The number of hydrogen-bond acceptors (Lipinski definition) is 1. The summed E-state index contributed by atoms with van der Waals surface area (Å²) in [7, 11) is 0. The van der Waals surface area contributed by atoms with Crippen LogP contribution in [0, 0.1) is 23.7 Å². The van der Waals surface area contributed by atoms with Gasteiger partial charge in [-0.3, -0.25) is 0 Å². The van der Waals surface area contributed by atoms with Gasteiger partial charge in [-0.1, -0.05) is 59.3 Å². The lowest BCUT2D eigenvalue weighted by molar-refractivity contribution is 0.151. The Morgan fingerprint density at radius 1 is 0.947 bits per heavy atom. The Labute approximate surface area is 120 Å². The second-order valence-corrected chi connectivity index (χ2v) is 7.43. The number of rotatable bonds is 5. The Hall–Kier alpha value is -0.0400. The highest BCUT2D eigenvalue weighted by atomic mass is 14.9. The Morgan fingerprint density at radius 2 is 1.68 bits per heavy atom. The summed E-state index contributed by atoms with van der Waals surface area (Å²) >= 11 is 0. The molecule has 2 fully saturated rings. The van der Waals surface area contributed by atoms with E-state index in [9.17, 15) is 0 Å². The van der Waals surface area contributed by atoms with Gasteiger partial charge in [0.05, 0.1) is 0 Å². The van der Waals surface area contributed by atoms with E-state index in [1.807, 2.05) is 0 Å². The van der Waals surface area contributed by atoms with Gasteiger partial charge in [-0.05, 0) is 49.5 Å². The van der Waals surface area contributed by atoms with E-state index in [1.165, 1.54) is 57.8 Å². The summed E-state index contributed by atoms with van der Waals surface area (Å²) in [5, 5.41) is 3.84. The molecule has 0 saturated heterocycles. The molecule has 0 spiro atoms. The van der Waals surface area contributed by atoms with Gasteiger partial charge in [-0.25, -0.2) is 0 Å². The second-order valence-electron chi connectivity index (χ2n) is 7.43. The molecule has 4 unspecified atom stereocenters. The molecular formula is C18H35N. The highest BCUT2D eigenvalue weighted by molar-refractivity contribution is 4.85. The van der Waals surface area contributed by atoms with Crippen LogP contribution in [0.5, 0.6) is 0 Å². The molecule has 4 atom stereocenters. The molecule has 0 amide bonds. The fraction of sp³-hybridized carbons (Fsp3) is 1.00. The first-order valence-corrected chi connectivity index (χ1v) is 8.94. The smallest absolute Gasteiger partial charge is 0.00979 e. The van der Waals surface area contributed by atoms with Crippen molar-refractivity contribution in [1.82, 2.24) is 5.32 Å². The average Bonchev–Trinajstić information content (AvgIpc) is 2.43. The van der Waals surface area contributed by atoms with Crippen LogP contribution in [0.15, 0.2) is 0 Å². The van der Waals surface area contributed by atoms with Crippen molar-refractivity contribution in [2.45, 2.75) is 84.6 Å². The van der Waals surface area contributed by atoms with E-state index in [0.717, 1.165) is 36.3 Å². The number of nitrogens with one attached hydrogen (secondary N) is 1. The van der Waals surface area contributed by atoms with Crippen molar-refractivity contribution in [2.24, 2.45) is 23.7 Å². The van der Waals surface area contributed by atoms with E-state index in [4.69, 9.17) is 0 Å². The van der Waals surface area contributed by atoms with Crippen molar-refractivity contribution in [3.8, 4) is 0 Å². The maximum atomic E-state index is 3.84. The number of hydrogen-bond donors (Lipinski definition) is 1. The van der Waals surface area contributed by atoms with Gasteiger partial charge in [-0.2, -0.15) is 0 Å². The summed E-state index contributed by atoms with van der Waals surface area (Å²) in [5.41, 5.74) is 0. The van der Waals surface area contributed by atoms with Gasteiger partial charge in [0.1, 0.15) is 0 Å². The van der Waals surface area contributed by atoms with Gasteiger partial charge >= 0.3 is 0 Å². The van der Waals surface area contributed by atoms with Gasteiger partial charge in [-0.15, -0.1) is 0 Å². The van der Waals surface area contributed by atoms with Gasteiger partial charge in [0, 0.05) is 6.04 Å². The monoisotopic (exact) mass is 265 g/mol. The molecule has 1 N–H and O–H groups in total. The fourth-order valence-corrected chi connectivity index (χ4v) is 4.44. The van der Waals surface area contributed by atoms with Crippen LogP contribution in [0.2, 0.25) is 0 Å². The van der Waals surface area contributed by atoms with Gasteiger partial charge in [0.25, 0.3) is 0 Å². The topological polar surface area (TPSA) is 12.0 Å². The maximum absolute atomic E-state index is 3.84. The van der Waals surface area contributed by atoms with E-state index < -0.39 is 0 Å². The molecule has 1 nitrogen and oxygen atoms in total. The Morgan fingerprint density at radius 3 is 2.32 bits per heavy atom. The SMILES string of the molecule is CCNC(CC1CCCCC1)C1CCC(C)C(C)C1. The zero-order chi connectivity index (χ0) is 13.7. The molecule has 0 bridgehead atoms. The molecule has 112 valence electrons. The second kappa shape index (κ2) is 7.67. The third kappa shape index (κ3) is 4.48. The van der Waals surface area contributed by atoms with Gasteiger partial charge in [0.15, 0.2) is 0 Å². The Balaban J connectivity index is 1.87. The van der Waals surface area contributed by atoms with Crippen molar-refractivity contribution in [3.63, 3.8) is 0 Å². The highest BCUT2D eigenvalue weighted by Gasteiger charge is 2.31. The van der Waals surface area contributed by atoms with Crippen LogP contribution < -0.4 is 5.32 Å². The molecule has 2 aliphatic carbocycles. The first kappa shape index (κ1) is 15.4. The lowest BCUT2D eigenvalue weighted by Gasteiger charge is -2.39. The van der Waals surface area contributed by atoms with E-state index in [1.54, 1.807) is 0 Å². The molecule has 0 aromatic carbocycles. The Bertz CT molecular complexity index is 244. The minimum absolute atomic E-state index is 0.808. The first-order chi connectivity index (χ1) is 9.20. The molecule has 2 aliphatic rings. The van der Waals surface area contributed by atoms with Crippen LogP contribution in [0.3, 0.4) is 0 Å². The van der Waals surface area contributed by atoms with Crippen LogP contribution >= 0.6 is 0 Å². The van der Waals surface area contributed by atoms with Gasteiger partial charge < -0.3 is 5.32 Å². The standard InChI is InChI=1S/C18H35N/c1-4-19-18(13-16-8-6-5-7-9-16)17-11-10-14(2)15(3)12-17/h14-19H,4-13H2,1-3H3.